The number of aryl methyl sites for hydroxylation is 1. The predicted molar refractivity (Wildman–Crippen MR) is 83.3 cm³/mol. The van der Waals surface area contributed by atoms with Crippen molar-refractivity contribution in [3.05, 3.63) is 28.8 Å². The molecule has 0 aliphatic rings. The van der Waals surface area contributed by atoms with Gasteiger partial charge in [0.2, 0.25) is 0 Å². The van der Waals surface area contributed by atoms with Gasteiger partial charge in [-0.3, -0.25) is 4.79 Å². The number of nitriles is 1. The Balaban J connectivity index is 2.75. The van der Waals surface area contributed by atoms with E-state index in [-0.39, 0.29) is 11.8 Å². The molecular weight excluding hydrogens is 288 g/mol. The summed E-state index contributed by atoms with van der Waals surface area (Å²) in [5.41, 5.74) is -0.0317. The number of nitrogens with one attached hydrogen (secondary N) is 1. The van der Waals surface area contributed by atoms with Crippen LogP contribution in [0.25, 0.3) is 0 Å². The van der Waals surface area contributed by atoms with Gasteiger partial charge in [-0.25, -0.2) is 0 Å². The molecule has 21 heavy (non-hydrogen) atoms. The molecular formula is C16H21ClN2O2. The summed E-state index contributed by atoms with van der Waals surface area (Å²) in [4.78, 5) is 12.2. The number of halogens is 1. The van der Waals surface area contributed by atoms with Crippen LogP contribution in [-0.2, 0) is 4.79 Å². The first-order valence-corrected chi connectivity index (χ1v) is 7.23. The normalized spacial score (nSPS) is 15.0. The van der Waals surface area contributed by atoms with Crippen LogP contribution in [0.1, 0.15) is 33.3 Å². The maximum Gasteiger partial charge on any atom is 0.262 e. The predicted octanol–water partition coefficient (Wildman–Crippen LogP) is 3.47. The summed E-state index contributed by atoms with van der Waals surface area (Å²) in [5.74, 6) is 0.250. The largest absolute Gasteiger partial charge is 0.481 e. The van der Waals surface area contributed by atoms with Crippen LogP contribution in [0.2, 0.25) is 5.02 Å². The Morgan fingerprint density at radius 2 is 2.05 bits per heavy atom. The van der Waals surface area contributed by atoms with Crippen LogP contribution in [0.15, 0.2) is 18.2 Å². The molecule has 0 bridgehead atoms. The van der Waals surface area contributed by atoms with Gasteiger partial charge in [0.25, 0.3) is 5.91 Å². The van der Waals surface area contributed by atoms with Crippen molar-refractivity contribution in [2.45, 2.75) is 46.3 Å². The fraction of sp³-hybridized carbons (Fsp3) is 0.500. The summed E-state index contributed by atoms with van der Waals surface area (Å²) in [6, 6.07) is 7.35. The number of ether oxygens (including phenoxy) is 1. The highest BCUT2D eigenvalue weighted by atomic mass is 35.5. The van der Waals surface area contributed by atoms with Gasteiger partial charge in [0, 0.05) is 5.02 Å². The van der Waals surface area contributed by atoms with Crippen molar-refractivity contribution in [3.63, 3.8) is 0 Å². The first kappa shape index (κ1) is 17.3. The third kappa shape index (κ3) is 4.37. The van der Waals surface area contributed by atoms with Crippen molar-refractivity contribution >= 4 is 17.5 Å². The van der Waals surface area contributed by atoms with E-state index >= 15 is 0 Å². The SMILES string of the molecule is Cc1cc(OC(C)C(=O)NC(C)(C#N)C(C)C)ccc1Cl. The molecule has 114 valence electrons. The lowest BCUT2D eigenvalue weighted by Gasteiger charge is -2.28. The Labute approximate surface area is 131 Å². The second-order valence-electron chi connectivity index (χ2n) is 5.63. The van der Waals surface area contributed by atoms with Gasteiger partial charge in [0.05, 0.1) is 6.07 Å². The van der Waals surface area contributed by atoms with Crippen molar-refractivity contribution in [2.24, 2.45) is 5.92 Å². The molecule has 2 atom stereocenters. The molecule has 0 heterocycles. The molecule has 0 aliphatic heterocycles. The van der Waals surface area contributed by atoms with Crippen LogP contribution in [0, 0.1) is 24.2 Å². The lowest BCUT2D eigenvalue weighted by Crippen LogP contribution is -2.52. The Morgan fingerprint density at radius 3 is 2.52 bits per heavy atom. The van der Waals surface area contributed by atoms with E-state index in [9.17, 15) is 10.1 Å². The number of amides is 1. The average molecular weight is 309 g/mol. The molecule has 0 saturated heterocycles. The van der Waals surface area contributed by atoms with Crippen LogP contribution in [-0.4, -0.2) is 17.6 Å². The monoisotopic (exact) mass is 308 g/mol. The van der Waals surface area contributed by atoms with Crippen LogP contribution in [0.5, 0.6) is 5.75 Å². The highest BCUT2D eigenvalue weighted by Crippen LogP contribution is 2.22. The zero-order chi connectivity index (χ0) is 16.2. The number of hydrogen-bond acceptors (Lipinski definition) is 3. The summed E-state index contributed by atoms with van der Waals surface area (Å²) in [7, 11) is 0. The third-order valence-electron chi connectivity index (χ3n) is 3.58. The fourth-order valence-corrected chi connectivity index (χ4v) is 1.72. The number of rotatable bonds is 5. The smallest absolute Gasteiger partial charge is 0.262 e. The molecule has 1 amide bonds. The molecule has 0 saturated carbocycles. The fourth-order valence-electron chi connectivity index (χ4n) is 1.61. The Hall–Kier alpha value is -1.73. The van der Waals surface area contributed by atoms with Gasteiger partial charge in [-0.15, -0.1) is 0 Å². The van der Waals surface area contributed by atoms with Crippen LogP contribution in [0.4, 0.5) is 0 Å². The first-order valence-electron chi connectivity index (χ1n) is 6.85. The quantitative estimate of drug-likeness (QED) is 0.906. The molecule has 5 heteroatoms. The molecule has 1 rings (SSSR count). The van der Waals surface area contributed by atoms with E-state index < -0.39 is 11.6 Å². The van der Waals surface area contributed by atoms with E-state index in [1.807, 2.05) is 20.8 Å². The maximum absolute atomic E-state index is 12.2. The molecule has 0 aliphatic carbocycles. The van der Waals surface area contributed by atoms with E-state index in [1.165, 1.54) is 0 Å². The molecule has 0 radical (unpaired) electrons. The summed E-state index contributed by atoms with van der Waals surface area (Å²) in [6.07, 6.45) is -0.697. The average Bonchev–Trinajstić information content (AvgIpc) is 2.42. The summed E-state index contributed by atoms with van der Waals surface area (Å²) >= 11 is 5.95. The standard InChI is InChI=1S/C16H21ClN2O2/c1-10(2)16(5,9-18)19-15(20)12(4)21-13-6-7-14(17)11(3)8-13/h6-8,10,12H,1-5H3,(H,19,20). The van der Waals surface area contributed by atoms with E-state index in [0.29, 0.717) is 10.8 Å². The molecule has 0 fully saturated rings. The first-order chi connectivity index (χ1) is 9.69. The summed E-state index contributed by atoms with van der Waals surface area (Å²) in [6.45, 7) is 8.99. The lowest BCUT2D eigenvalue weighted by molar-refractivity contribution is -0.128. The minimum absolute atomic E-state index is 0.00331. The van der Waals surface area contributed by atoms with E-state index in [2.05, 4.69) is 11.4 Å². The second kappa shape index (κ2) is 6.82. The van der Waals surface area contributed by atoms with E-state index in [0.717, 1.165) is 5.56 Å². The highest BCUT2D eigenvalue weighted by Gasteiger charge is 2.32. The van der Waals surface area contributed by atoms with Crippen LogP contribution >= 0.6 is 11.6 Å². The minimum atomic E-state index is -0.912. The zero-order valence-corrected chi connectivity index (χ0v) is 13.8. The van der Waals surface area contributed by atoms with Gasteiger partial charge in [-0.1, -0.05) is 25.4 Å². The number of hydrogen-bond donors (Lipinski definition) is 1. The van der Waals surface area contributed by atoms with Crippen molar-refractivity contribution < 1.29 is 9.53 Å². The lowest BCUT2D eigenvalue weighted by atomic mass is 9.90. The minimum Gasteiger partial charge on any atom is -0.481 e. The van der Waals surface area contributed by atoms with E-state index in [4.69, 9.17) is 16.3 Å². The van der Waals surface area contributed by atoms with Gasteiger partial charge < -0.3 is 10.1 Å². The van der Waals surface area contributed by atoms with Gasteiger partial charge in [-0.2, -0.15) is 5.26 Å². The number of carbonyl (C=O) groups is 1. The summed E-state index contributed by atoms with van der Waals surface area (Å²) in [5, 5.41) is 12.6. The number of benzene rings is 1. The maximum atomic E-state index is 12.2. The van der Waals surface area contributed by atoms with Gasteiger partial charge in [-0.05, 0) is 50.5 Å². The topological polar surface area (TPSA) is 62.1 Å². The van der Waals surface area contributed by atoms with Gasteiger partial charge >= 0.3 is 0 Å². The van der Waals surface area contributed by atoms with Gasteiger partial charge in [0.1, 0.15) is 11.3 Å². The molecule has 0 aromatic heterocycles. The van der Waals surface area contributed by atoms with Crippen molar-refractivity contribution in [1.29, 1.82) is 5.26 Å². The second-order valence-corrected chi connectivity index (χ2v) is 6.04. The van der Waals surface area contributed by atoms with Crippen molar-refractivity contribution in [2.75, 3.05) is 0 Å². The zero-order valence-electron chi connectivity index (χ0n) is 13.0. The third-order valence-corrected chi connectivity index (χ3v) is 4.01. The molecule has 0 spiro atoms. The molecule has 4 nitrogen and oxygen atoms in total. The van der Waals surface area contributed by atoms with Crippen molar-refractivity contribution in [1.82, 2.24) is 5.32 Å². The van der Waals surface area contributed by atoms with Gasteiger partial charge in [0.15, 0.2) is 6.10 Å². The molecule has 1 aromatic rings. The molecule has 1 aromatic carbocycles. The van der Waals surface area contributed by atoms with E-state index in [1.54, 1.807) is 32.0 Å². The Morgan fingerprint density at radius 1 is 1.43 bits per heavy atom. The molecule has 2 unspecified atom stereocenters. The van der Waals surface area contributed by atoms with Crippen molar-refractivity contribution in [3.8, 4) is 11.8 Å². The number of carbonyl (C=O) groups excluding carboxylic acids is 1. The Kier molecular flexibility index (Phi) is 5.62. The highest BCUT2D eigenvalue weighted by molar-refractivity contribution is 6.31. The van der Waals surface area contributed by atoms with Crippen LogP contribution in [0.3, 0.4) is 0 Å². The number of nitrogens with zero attached hydrogens (tertiary/aromatic N) is 1. The summed E-state index contributed by atoms with van der Waals surface area (Å²) < 4.78 is 5.60. The molecule has 1 N–H and O–H groups in total. The Bertz CT molecular complexity index is 566. The van der Waals surface area contributed by atoms with Crippen LogP contribution < -0.4 is 10.1 Å².